The molecule has 2 saturated carbocycles. The maximum absolute atomic E-state index is 12.2. The van der Waals surface area contributed by atoms with E-state index >= 15 is 0 Å². The monoisotopic (exact) mass is 313 g/mol. The molecule has 0 aliphatic heterocycles. The Morgan fingerprint density at radius 1 is 1.47 bits per heavy atom. The summed E-state index contributed by atoms with van der Waals surface area (Å²) in [6, 6.07) is 2.10. The molecule has 4 heteroatoms. The Labute approximate surface area is 114 Å². The molecule has 92 valence electrons. The van der Waals surface area contributed by atoms with Gasteiger partial charge in [0.1, 0.15) is 0 Å². The normalized spacial score (nSPS) is 30.1. The molecular weight excluding hydrogens is 298 g/mol. The SMILES string of the molecule is CN(Cc1cc(Br)cs1)C(=O)C1CC2CC2C1. The molecule has 2 fully saturated rings. The van der Waals surface area contributed by atoms with Gasteiger partial charge in [0.15, 0.2) is 0 Å². The Hall–Kier alpha value is -0.350. The summed E-state index contributed by atoms with van der Waals surface area (Å²) >= 11 is 5.15. The molecule has 2 aliphatic rings. The summed E-state index contributed by atoms with van der Waals surface area (Å²) in [6.45, 7) is 0.751. The number of nitrogens with zero attached hydrogens (tertiary/aromatic N) is 1. The summed E-state index contributed by atoms with van der Waals surface area (Å²) in [7, 11) is 1.93. The van der Waals surface area contributed by atoms with Gasteiger partial charge in [-0.25, -0.2) is 0 Å². The Morgan fingerprint density at radius 3 is 2.76 bits per heavy atom. The molecule has 2 atom stereocenters. The van der Waals surface area contributed by atoms with Crippen LogP contribution in [-0.4, -0.2) is 17.9 Å². The van der Waals surface area contributed by atoms with E-state index in [2.05, 4.69) is 27.4 Å². The Morgan fingerprint density at radius 2 is 2.18 bits per heavy atom. The van der Waals surface area contributed by atoms with E-state index in [-0.39, 0.29) is 0 Å². The maximum atomic E-state index is 12.2. The van der Waals surface area contributed by atoms with Crippen LogP contribution < -0.4 is 0 Å². The summed E-state index contributed by atoms with van der Waals surface area (Å²) in [5.41, 5.74) is 0. The lowest BCUT2D eigenvalue weighted by Gasteiger charge is -2.21. The van der Waals surface area contributed by atoms with Gasteiger partial charge >= 0.3 is 0 Å². The van der Waals surface area contributed by atoms with Crippen molar-refractivity contribution in [2.24, 2.45) is 17.8 Å². The van der Waals surface area contributed by atoms with Gasteiger partial charge in [-0.2, -0.15) is 0 Å². The number of hydrogen-bond acceptors (Lipinski definition) is 2. The lowest BCUT2D eigenvalue weighted by Crippen LogP contribution is -2.31. The second-order valence-electron chi connectivity index (χ2n) is 5.35. The molecule has 0 N–H and O–H groups in total. The predicted octanol–water partition coefficient (Wildman–Crippen LogP) is 3.52. The molecule has 0 spiro atoms. The molecular formula is C13H16BrNOS. The van der Waals surface area contributed by atoms with Crippen LogP contribution in [0.1, 0.15) is 24.1 Å². The van der Waals surface area contributed by atoms with Crippen LogP contribution in [0.4, 0.5) is 0 Å². The van der Waals surface area contributed by atoms with Gasteiger partial charge < -0.3 is 4.90 Å². The highest BCUT2D eigenvalue weighted by atomic mass is 79.9. The summed E-state index contributed by atoms with van der Waals surface area (Å²) in [5.74, 6) is 2.43. The van der Waals surface area contributed by atoms with Crippen LogP contribution in [0.15, 0.2) is 15.9 Å². The molecule has 1 aromatic rings. The van der Waals surface area contributed by atoms with E-state index in [0.29, 0.717) is 11.8 Å². The zero-order chi connectivity index (χ0) is 12.0. The van der Waals surface area contributed by atoms with Crippen molar-refractivity contribution in [3.05, 3.63) is 20.8 Å². The zero-order valence-electron chi connectivity index (χ0n) is 9.86. The summed E-state index contributed by atoms with van der Waals surface area (Å²) < 4.78 is 1.11. The van der Waals surface area contributed by atoms with Crippen LogP contribution in [-0.2, 0) is 11.3 Å². The molecule has 2 unspecified atom stereocenters. The minimum atomic E-state index is 0.312. The van der Waals surface area contributed by atoms with Crippen LogP contribution in [0, 0.1) is 17.8 Å². The molecule has 2 nitrogen and oxygen atoms in total. The molecule has 17 heavy (non-hydrogen) atoms. The third-order valence-electron chi connectivity index (χ3n) is 3.98. The number of carbonyl (C=O) groups is 1. The van der Waals surface area contributed by atoms with Crippen LogP contribution in [0.3, 0.4) is 0 Å². The van der Waals surface area contributed by atoms with Gasteiger partial charge in [-0.3, -0.25) is 4.79 Å². The quantitative estimate of drug-likeness (QED) is 0.836. The van der Waals surface area contributed by atoms with Crippen LogP contribution in [0.2, 0.25) is 0 Å². The summed E-state index contributed by atoms with van der Waals surface area (Å²) in [6.07, 6.45) is 3.66. The Balaban J connectivity index is 1.58. The van der Waals surface area contributed by atoms with E-state index in [9.17, 15) is 4.79 Å². The third kappa shape index (κ3) is 2.43. The molecule has 0 aromatic carbocycles. The number of halogens is 1. The van der Waals surface area contributed by atoms with E-state index in [4.69, 9.17) is 0 Å². The van der Waals surface area contributed by atoms with Crippen molar-refractivity contribution in [1.82, 2.24) is 4.90 Å². The average Bonchev–Trinajstić information content (AvgIpc) is 2.72. The lowest BCUT2D eigenvalue weighted by molar-refractivity contribution is -0.134. The Kier molecular flexibility index (Phi) is 3.03. The standard InChI is InChI=1S/C13H16BrNOS/c1-15(6-12-5-11(14)7-17-12)13(16)10-3-8-2-9(8)4-10/h5,7-10H,2-4,6H2,1H3. The molecule has 0 saturated heterocycles. The van der Waals surface area contributed by atoms with Crippen molar-refractivity contribution >= 4 is 33.2 Å². The summed E-state index contributed by atoms with van der Waals surface area (Å²) in [4.78, 5) is 15.4. The number of carbonyl (C=O) groups excluding carboxylic acids is 1. The number of thiophene rings is 1. The van der Waals surface area contributed by atoms with Crippen LogP contribution in [0.25, 0.3) is 0 Å². The number of amides is 1. The molecule has 3 rings (SSSR count). The van der Waals surface area contributed by atoms with Crippen molar-refractivity contribution in [2.45, 2.75) is 25.8 Å². The topological polar surface area (TPSA) is 20.3 Å². The number of hydrogen-bond donors (Lipinski definition) is 0. The van der Waals surface area contributed by atoms with E-state index in [1.807, 2.05) is 11.9 Å². The number of fused-ring (bicyclic) bond motifs is 1. The minimum absolute atomic E-state index is 0.312. The fourth-order valence-electron chi connectivity index (χ4n) is 2.98. The highest BCUT2D eigenvalue weighted by Gasteiger charge is 2.48. The van der Waals surface area contributed by atoms with E-state index < -0.39 is 0 Å². The van der Waals surface area contributed by atoms with Crippen LogP contribution in [0.5, 0.6) is 0 Å². The second-order valence-corrected chi connectivity index (χ2v) is 7.26. The zero-order valence-corrected chi connectivity index (χ0v) is 12.3. The average molecular weight is 314 g/mol. The minimum Gasteiger partial charge on any atom is -0.340 e. The lowest BCUT2D eigenvalue weighted by atomic mass is 10.0. The fraction of sp³-hybridized carbons (Fsp3) is 0.615. The molecule has 1 amide bonds. The third-order valence-corrected chi connectivity index (χ3v) is 5.67. The first-order valence-corrected chi connectivity index (χ1v) is 7.78. The molecule has 1 aromatic heterocycles. The Bertz CT molecular complexity index is 434. The van der Waals surface area contributed by atoms with Gasteiger partial charge in [0.05, 0.1) is 6.54 Å². The van der Waals surface area contributed by atoms with Crippen molar-refractivity contribution in [3.63, 3.8) is 0 Å². The van der Waals surface area contributed by atoms with Crippen molar-refractivity contribution < 1.29 is 4.79 Å². The molecule has 2 aliphatic carbocycles. The van der Waals surface area contributed by atoms with Crippen LogP contribution >= 0.6 is 27.3 Å². The second kappa shape index (κ2) is 4.39. The first-order valence-electron chi connectivity index (χ1n) is 6.11. The smallest absolute Gasteiger partial charge is 0.225 e. The molecule has 0 radical (unpaired) electrons. The van der Waals surface area contributed by atoms with E-state index in [1.165, 1.54) is 11.3 Å². The maximum Gasteiger partial charge on any atom is 0.225 e. The first kappa shape index (κ1) is 11.7. The molecule has 0 bridgehead atoms. The van der Waals surface area contributed by atoms with Gasteiger partial charge in [-0.05, 0) is 53.1 Å². The van der Waals surface area contributed by atoms with Gasteiger partial charge in [-0.15, -0.1) is 11.3 Å². The van der Waals surface area contributed by atoms with Crippen molar-refractivity contribution in [1.29, 1.82) is 0 Å². The van der Waals surface area contributed by atoms with Crippen molar-refractivity contribution in [3.8, 4) is 0 Å². The highest BCUT2D eigenvalue weighted by molar-refractivity contribution is 9.10. The molecule has 1 heterocycles. The largest absolute Gasteiger partial charge is 0.340 e. The van der Waals surface area contributed by atoms with Gasteiger partial charge in [0.2, 0.25) is 5.91 Å². The first-order chi connectivity index (χ1) is 8.13. The fourth-order valence-corrected chi connectivity index (χ4v) is 4.48. The van der Waals surface area contributed by atoms with Gasteiger partial charge in [0.25, 0.3) is 0 Å². The van der Waals surface area contributed by atoms with E-state index in [1.54, 1.807) is 11.3 Å². The van der Waals surface area contributed by atoms with Crippen molar-refractivity contribution in [2.75, 3.05) is 7.05 Å². The van der Waals surface area contributed by atoms with E-state index in [0.717, 1.165) is 35.7 Å². The van der Waals surface area contributed by atoms with Gasteiger partial charge in [0, 0.05) is 27.7 Å². The number of rotatable bonds is 3. The highest BCUT2D eigenvalue weighted by Crippen LogP contribution is 2.54. The predicted molar refractivity (Wildman–Crippen MR) is 72.8 cm³/mol. The van der Waals surface area contributed by atoms with Gasteiger partial charge in [-0.1, -0.05) is 0 Å². The summed E-state index contributed by atoms with van der Waals surface area (Å²) in [5, 5.41) is 2.07.